The van der Waals surface area contributed by atoms with Gasteiger partial charge in [0, 0.05) is 25.0 Å². The molecule has 1 amide bonds. The molecule has 0 aromatic carbocycles. The molecule has 0 aliphatic carbocycles. The van der Waals surface area contributed by atoms with E-state index in [0.717, 1.165) is 34.1 Å². The third-order valence-electron chi connectivity index (χ3n) is 3.89. The molecule has 0 saturated carbocycles. The van der Waals surface area contributed by atoms with Crippen LogP contribution in [0.25, 0.3) is 0 Å². The highest BCUT2D eigenvalue weighted by atomic mass is 32.1. The number of aryl methyl sites for hydroxylation is 3. The molecule has 0 radical (unpaired) electrons. The van der Waals surface area contributed by atoms with Gasteiger partial charge in [-0.1, -0.05) is 0 Å². The first-order valence-corrected chi connectivity index (χ1v) is 8.55. The van der Waals surface area contributed by atoms with Crippen molar-refractivity contribution in [3.8, 4) is 0 Å². The molecule has 1 aliphatic rings. The molecule has 23 heavy (non-hydrogen) atoms. The lowest BCUT2D eigenvalue weighted by Gasteiger charge is -2.32. The van der Waals surface area contributed by atoms with Gasteiger partial charge in [0.25, 0.3) is 5.91 Å². The van der Waals surface area contributed by atoms with Crippen LogP contribution in [0.15, 0.2) is 18.6 Å². The monoisotopic (exact) mass is 332 g/mol. The van der Waals surface area contributed by atoms with Crippen LogP contribution in [0.5, 0.6) is 0 Å². The third-order valence-corrected chi connectivity index (χ3v) is 4.95. The lowest BCUT2D eigenvalue weighted by Crippen LogP contribution is -2.45. The number of ether oxygens (including phenoxy) is 1. The van der Waals surface area contributed by atoms with E-state index in [0.29, 0.717) is 19.7 Å². The van der Waals surface area contributed by atoms with Gasteiger partial charge in [-0.25, -0.2) is 15.0 Å². The summed E-state index contributed by atoms with van der Waals surface area (Å²) in [5.74, 6) is 0.0726. The maximum absolute atomic E-state index is 12.7. The minimum atomic E-state index is 0.0528. The fourth-order valence-corrected chi connectivity index (χ4v) is 3.61. The van der Waals surface area contributed by atoms with E-state index in [1.54, 1.807) is 12.5 Å². The number of aromatic nitrogens is 3. The molecule has 1 saturated heterocycles. The Kier molecular flexibility index (Phi) is 4.97. The SMILES string of the molecule is Cc1nc(C)c(C(=O)N2CCO[C@H](CCc3ccncn3)C2)s1. The van der Waals surface area contributed by atoms with Crippen LogP contribution < -0.4 is 0 Å². The van der Waals surface area contributed by atoms with E-state index in [-0.39, 0.29) is 12.0 Å². The highest BCUT2D eigenvalue weighted by molar-refractivity contribution is 7.13. The van der Waals surface area contributed by atoms with Crippen LogP contribution in [-0.4, -0.2) is 51.6 Å². The quantitative estimate of drug-likeness (QED) is 0.857. The number of hydrogen-bond acceptors (Lipinski definition) is 6. The van der Waals surface area contributed by atoms with Gasteiger partial charge in [-0.2, -0.15) is 0 Å². The molecule has 0 spiro atoms. The molecule has 1 fully saturated rings. The van der Waals surface area contributed by atoms with Gasteiger partial charge in [-0.05, 0) is 32.8 Å². The summed E-state index contributed by atoms with van der Waals surface area (Å²) in [4.78, 5) is 27.8. The van der Waals surface area contributed by atoms with Crippen LogP contribution >= 0.6 is 11.3 Å². The van der Waals surface area contributed by atoms with Crippen molar-refractivity contribution in [1.82, 2.24) is 19.9 Å². The first-order chi connectivity index (χ1) is 11.1. The molecule has 1 aliphatic heterocycles. The number of amides is 1. The molecule has 6 nitrogen and oxygen atoms in total. The molecular weight excluding hydrogens is 312 g/mol. The number of carbonyl (C=O) groups is 1. The summed E-state index contributed by atoms with van der Waals surface area (Å²) in [6, 6.07) is 1.91. The highest BCUT2D eigenvalue weighted by Crippen LogP contribution is 2.21. The molecule has 122 valence electrons. The van der Waals surface area contributed by atoms with E-state index in [9.17, 15) is 4.79 Å². The molecule has 3 rings (SSSR count). The molecular formula is C16H20N4O2S. The van der Waals surface area contributed by atoms with Gasteiger partial charge in [0.1, 0.15) is 11.2 Å². The zero-order valence-corrected chi connectivity index (χ0v) is 14.2. The molecule has 0 unspecified atom stereocenters. The van der Waals surface area contributed by atoms with Crippen molar-refractivity contribution in [3.63, 3.8) is 0 Å². The maximum Gasteiger partial charge on any atom is 0.266 e. The van der Waals surface area contributed by atoms with E-state index in [4.69, 9.17) is 4.74 Å². The van der Waals surface area contributed by atoms with Gasteiger partial charge < -0.3 is 9.64 Å². The zero-order chi connectivity index (χ0) is 16.2. The second kappa shape index (κ2) is 7.14. The van der Waals surface area contributed by atoms with E-state index in [2.05, 4.69) is 15.0 Å². The Morgan fingerprint density at radius 2 is 2.35 bits per heavy atom. The Balaban J connectivity index is 1.59. The Morgan fingerprint density at radius 1 is 1.48 bits per heavy atom. The van der Waals surface area contributed by atoms with Gasteiger partial charge in [0.15, 0.2) is 0 Å². The molecule has 0 N–H and O–H groups in total. The van der Waals surface area contributed by atoms with Gasteiger partial charge >= 0.3 is 0 Å². The van der Waals surface area contributed by atoms with Crippen molar-refractivity contribution in [3.05, 3.63) is 39.9 Å². The Bertz CT molecular complexity index is 674. The summed E-state index contributed by atoms with van der Waals surface area (Å²) in [6.45, 7) is 5.67. The van der Waals surface area contributed by atoms with Crippen LogP contribution in [0, 0.1) is 13.8 Å². The van der Waals surface area contributed by atoms with Gasteiger partial charge in [-0.3, -0.25) is 4.79 Å². The third kappa shape index (κ3) is 3.92. The molecule has 7 heteroatoms. The number of nitrogens with zero attached hydrogens (tertiary/aromatic N) is 4. The summed E-state index contributed by atoms with van der Waals surface area (Å²) < 4.78 is 5.80. The van der Waals surface area contributed by atoms with Crippen LogP contribution in [0.1, 0.15) is 32.5 Å². The first kappa shape index (κ1) is 16.0. The number of rotatable bonds is 4. The van der Waals surface area contributed by atoms with E-state index in [1.165, 1.54) is 11.3 Å². The van der Waals surface area contributed by atoms with E-state index in [1.807, 2.05) is 24.8 Å². The lowest BCUT2D eigenvalue weighted by molar-refractivity contribution is -0.0245. The van der Waals surface area contributed by atoms with Crippen molar-refractivity contribution >= 4 is 17.2 Å². The number of morpholine rings is 1. The van der Waals surface area contributed by atoms with Crippen molar-refractivity contribution in [1.29, 1.82) is 0 Å². The van der Waals surface area contributed by atoms with E-state index >= 15 is 0 Å². The Morgan fingerprint density at radius 3 is 3.04 bits per heavy atom. The maximum atomic E-state index is 12.7. The second-order valence-corrected chi connectivity index (χ2v) is 6.83. The standard InChI is InChI=1S/C16H20N4O2S/c1-11-15(23-12(2)19-11)16(21)20-7-8-22-14(9-20)4-3-13-5-6-17-10-18-13/h5-6,10,14H,3-4,7-9H2,1-2H3/t14-/m1/s1. The van der Waals surface area contributed by atoms with Crippen molar-refractivity contribution in [2.45, 2.75) is 32.8 Å². The van der Waals surface area contributed by atoms with Gasteiger partial charge in [0.2, 0.25) is 0 Å². The second-order valence-electron chi connectivity index (χ2n) is 5.63. The smallest absolute Gasteiger partial charge is 0.266 e. The molecule has 1 atom stereocenters. The predicted octanol–water partition coefficient (Wildman–Crippen LogP) is 2.02. The van der Waals surface area contributed by atoms with Crippen LogP contribution in [0.3, 0.4) is 0 Å². The lowest BCUT2D eigenvalue weighted by atomic mass is 10.1. The minimum Gasteiger partial charge on any atom is -0.375 e. The summed E-state index contributed by atoms with van der Waals surface area (Å²) in [6.07, 6.45) is 5.03. The van der Waals surface area contributed by atoms with E-state index < -0.39 is 0 Å². The average Bonchev–Trinajstić information content (AvgIpc) is 2.92. The minimum absolute atomic E-state index is 0.0528. The molecule has 2 aromatic heterocycles. The average molecular weight is 332 g/mol. The number of carbonyl (C=O) groups excluding carboxylic acids is 1. The normalized spacial score (nSPS) is 18.2. The van der Waals surface area contributed by atoms with Crippen LogP contribution in [-0.2, 0) is 11.2 Å². The summed E-state index contributed by atoms with van der Waals surface area (Å²) in [5.41, 5.74) is 1.82. The number of thiazole rings is 1. The number of hydrogen-bond donors (Lipinski definition) is 0. The molecule has 0 bridgehead atoms. The van der Waals surface area contributed by atoms with Gasteiger partial charge in [0.05, 0.1) is 23.4 Å². The van der Waals surface area contributed by atoms with Crippen LogP contribution in [0.2, 0.25) is 0 Å². The summed E-state index contributed by atoms with van der Waals surface area (Å²) in [5, 5.41) is 0.930. The fourth-order valence-electron chi connectivity index (χ4n) is 2.73. The zero-order valence-electron chi connectivity index (χ0n) is 13.4. The van der Waals surface area contributed by atoms with Gasteiger partial charge in [-0.15, -0.1) is 11.3 Å². The van der Waals surface area contributed by atoms with Crippen LogP contribution in [0.4, 0.5) is 0 Å². The highest BCUT2D eigenvalue weighted by Gasteiger charge is 2.27. The van der Waals surface area contributed by atoms with Crippen molar-refractivity contribution in [2.24, 2.45) is 0 Å². The molecule has 2 aromatic rings. The summed E-state index contributed by atoms with van der Waals surface area (Å²) in [7, 11) is 0. The topological polar surface area (TPSA) is 68.2 Å². The first-order valence-electron chi connectivity index (χ1n) is 7.73. The Hall–Kier alpha value is -1.86. The largest absolute Gasteiger partial charge is 0.375 e. The fraction of sp³-hybridized carbons (Fsp3) is 0.500. The predicted molar refractivity (Wildman–Crippen MR) is 87.6 cm³/mol. The summed E-state index contributed by atoms with van der Waals surface area (Å²) >= 11 is 1.47. The van der Waals surface area contributed by atoms with Crippen molar-refractivity contribution < 1.29 is 9.53 Å². The Labute approximate surface area is 139 Å². The molecule has 3 heterocycles. The van der Waals surface area contributed by atoms with Crippen molar-refractivity contribution in [2.75, 3.05) is 19.7 Å².